The Balaban J connectivity index is 0.00000162. The number of hydrogen-bond donors (Lipinski definition) is 1. The Hall–Kier alpha value is -0.330. The minimum atomic E-state index is 0. The van der Waals surface area contributed by atoms with Gasteiger partial charge in [-0.15, -0.1) is 12.4 Å². The molecule has 1 heterocycles. The molecule has 1 aromatic rings. The van der Waals surface area contributed by atoms with Gasteiger partial charge in [0.05, 0.1) is 5.56 Å². The summed E-state index contributed by atoms with van der Waals surface area (Å²) in [4.78, 5) is 14.4. The lowest BCUT2D eigenvalue weighted by Gasteiger charge is -2.21. The van der Waals surface area contributed by atoms with E-state index in [0.717, 1.165) is 41.7 Å². The van der Waals surface area contributed by atoms with Crippen LogP contribution in [0.2, 0.25) is 0 Å². The Morgan fingerprint density at radius 3 is 2.89 bits per heavy atom. The number of nitrogens with zero attached hydrogens (tertiary/aromatic N) is 1. The zero-order chi connectivity index (χ0) is 12.3. The Labute approximate surface area is 128 Å². The molecule has 0 aliphatic carbocycles. The van der Waals surface area contributed by atoms with Crippen LogP contribution in [0, 0.1) is 10.5 Å². The summed E-state index contributed by atoms with van der Waals surface area (Å²) >= 11 is 2.26. The van der Waals surface area contributed by atoms with E-state index in [9.17, 15) is 4.79 Å². The van der Waals surface area contributed by atoms with Gasteiger partial charge in [-0.3, -0.25) is 4.79 Å². The monoisotopic (exact) mass is 380 g/mol. The van der Waals surface area contributed by atoms with Crippen molar-refractivity contribution < 1.29 is 4.79 Å². The maximum atomic E-state index is 12.4. The van der Waals surface area contributed by atoms with Gasteiger partial charge in [0, 0.05) is 23.2 Å². The molecule has 0 atom stereocenters. The molecule has 0 bridgehead atoms. The molecule has 5 heteroatoms. The summed E-state index contributed by atoms with van der Waals surface area (Å²) in [6.07, 6.45) is 1.04. The smallest absolute Gasteiger partial charge is 0.254 e. The van der Waals surface area contributed by atoms with Gasteiger partial charge in [0.25, 0.3) is 5.91 Å². The number of nitrogens with one attached hydrogen (secondary N) is 1. The first-order valence-corrected chi connectivity index (χ1v) is 7.03. The largest absolute Gasteiger partial charge is 0.337 e. The lowest BCUT2D eigenvalue weighted by atomic mass is 10.1. The molecular formula is C13H18ClIN2O. The molecule has 18 heavy (non-hydrogen) atoms. The maximum absolute atomic E-state index is 12.4. The molecule has 1 saturated heterocycles. The summed E-state index contributed by atoms with van der Waals surface area (Å²) in [6.45, 7) is 5.62. The van der Waals surface area contributed by atoms with Crippen molar-refractivity contribution >= 4 is 40.9 Å². The number of carbonyl (C=O) groups is 1. The number of halogens is 2. The molecule has 0 aromatic heterocycles. The molecule has 3 nitrogen and oxygen atoms in total. The normalized spacial score (nSPS) is 15.8. The predicted octanol–water partition coefficient (Wildman–Crippen LogP) is 2.46. The van der Waals surface area contributed by atoms with Crippen LogP contribution in [0.4, 0.5) is 0 Å². The Bertz CT molecular complexity index is 417. The fourth-order valence-electron chi connectivity index (χ4n) is 2.03. The highest BCUT2D eigenvalue weighted by Crippen LogP contribution is 2.18. The first-order chi connectivity index (χ1) is 8.20. The van der Waals surface area contributed by atoms with Gasteiger partial charge in [-0.25, -0.2) is 0 Å². The van der Waals surface area contributed by atoms with E-state index in [1.807, 2.05) is 30.0 Å². The van der Waals surface area contributed by atoms with Crippen LogP contribution in [0.15, 0.2) is 18.2 Å². The van der Waals surface area contributed by atoms with E-state index in [4.69, 9.17) is 0 Å². The van der Waals surface area contributed by atoms with E-state index in [1.54, 1.807) is 0 Å². The minimum absolute atomic E-state index is 0. The molecule has 2 rings (SSSR count). The molecule has 0 spiro atoms. The molecule has 1 aromatic carbocycles. The SMILES string of the molecule is Cc1cccc(C(=O)N2CCCNCC2)c1I.Cl. The maximum Gasteiger partial charge on any atom is 0.254 e. The number of hydrogen-bond acceptors (Lipinski definition) is 2. The summed E-state index contributed by atoms with van der Waals surface area (Å²) in [7, 11) is 0. The van der Waals surface area contributed by atoms with E-state index in [0.29, 0.717) is 0 Å². The number of rotatable bonds is 1. The third-order valence-corrected chi connectivity index (χ3v) is 4.48. The first kappa shape index (κ1) is 15.7. The zero-order valence-electron chi connectivity index (χ0n) is 10.4. The van der Waals surface area contributed by atoms with Gasteiger partial charge in [0.2, 0.25) is 0 Å². The predicted molar refractivity (Wildman–Crippen MR) is 84.5 cm³/mol. The second-order valence-corrected chi connectivity index (χ2v) is 5.41. The average molecular weight is 381 g/mol. The van der Waals surface area contributed by atoms with Crippen molar-refractivity contribution in [1.29, 1.82) is 0 Å². The molecule has 1 fully saturated rings. The lowest BCUT2D eigenvalue weighted by molar-refractivity contribution is 0.0765. The molecule has 1 amide bonds. The van der Waals surface area contributed by atoms with Crippen molar-refractivity contribution in [2.45, 2.75) is 13.3 Å². The van der Waals surface area contributed by atoms with Gasteiger partial charge in [0.1, 0.15) is 0 Å². The highest BCUT2D eigenvalue weighted by molar-refractivity contribution is 14.1. The van der Waals surface area contributed by atoms with Crippen molar-refractivity contribution in [3.8, 4) is 0 Å². The Kier molecular flexibility index (Phi) is 6.38. The number of benzene rings is 1. The van der Waals surface area contributed by atoms with Crippen LogP contribution in [0.3, 0.4) is 0 Å². The molecule has 100 valence electrons. The van der Waals surface area contributed by atoms with E-state index in [1.165, 1.54) is 5.56 Å². The topological polar surface area (TPSA) is 32.3 Å². The second kappa shape index (κ2) is 7.31. The van der Waals surface area contributed by atoms with Crippen molar-refractivity contribution in [3.63, 3.8) is 0 Å². The standard InChI is InChI=1S/C13H17IN2O.ClH/c1-10-4-2-5-11(12(10)14)13(17)16-8-3-6-15-7-9-16;/h2,4-5,15H,3,6-9H2,1H3;1H. The lowest BCUT2D eigenvalue weighted by Crippen LogP contribution is -2.34. The fraction of sp³-hybridized carbons (Fsp3) is 0.462. The van der Waals surface area contributed by atoms with Gasteiger partial charge in [-0.1, -0.05) is 12.1 Å². The van der Waals surface area contributed by atoms with E-state index in [2.05, 4.69) is 27.9 Å². The van der Waals surface area contributed by atoms with Crippen LogP contribution >= 0.6 is 35.0 Å². The zero-order valence-corrected chi connectivity index (χ0v) is 13.4. The summed E-state index contributed by atoms with van der Waals surface area (Å²) in [5.41, 5.74) is 2.01. The van der Waals surface area contributed by atoms with Gasteiger partial charge in [-0.2, -0.15) is 0 Å². The van der Waals surface area contributed by atoms with Crippen molar-refractivity contribution in [2.75, 3.05) is 26.2 Å². The van der Waals surface area contributed by atoms with Gasteiger partial charge >= 0.3 is 0 Å². The van der Waals surface area contributed by atoms with E-state index >= 15 is 0 Å². The highest BCUT2D eigenvalue weighted by atomic mass is 127. The number of amides is 1. The van der Waals surface area contributed by atoms with Gasteiger partial charge < -0.3 is 10.2 Å². The van der Waals surface area contributed by atoms with Crippen molar-refractivity contribution in [1.82, 2.24) is 10.2 Å². The molecule has 0 unspecified atom stereocenters. The molecule has 1 aliphatic heterocycles. The highest BCUT2D eigenvalue weighted by Gasteiger charge is 2.19. The van der Waals surface area contributed by atoms with Crippen molar-refractivity contribution in [2.24, 2.45) is 0 Å². The fourth-order valence-corrected chi connectivity index (χ4v) is 2.62. The average Bonchev–Trinajstić information content (AvgIpc) is 2.60. The molecule has 1 aliphatic rings. The second-order valence-electron chi connectivity index (χ2n) is 4.33. The van der Waals surface area contributed by atoms with Gasteiger partial charge in [0.15, 0.2) is 0 Å². The molecular weight excluding hydrogens is 363 g/mol. The third-order valence-electron chi connectivity index (χ3n) is 3.05. The van der Waals surface area contributed by atoms with E-state index < -0.39 is 0 Å². The molecule has 0 radical (unpaired) electrons. The molecule has 0 saturated carbocycles. The first-order valence-electron chi connectivity index (χ1n) is 5.95. The summed E-state index contributed by atoms with van der Waals surface area (Å²) in [6, 6.07) is 5.93. The summed E-state index contributed by atoms with van der Waals surface area (Å²) < 4.78 is 1.08. The van der Waals surface area contributed by atoms with Crippen LogP contribution in [0.25, 0.3) is 0 Å². The Morgan fingerprint density at radius 2 is 2.11 bits per heavy atom. The number of aryl methyl sites for hydroxylation is 1. The van der Waals surface area contributed by atoms with Crippen LogP contribution < -0.4 is 5.32 Å². The third kappa shape index (κ3) is 3.59. The summed E-state index contributed by atoms with van der Waals surface area (Å²) in [5.74, 6) is 0.168. The Morgan fingerprint density at radius 1 is 1.33 bits per heavy atom. The van der Waals surface area contributed by atoms with Crippen LogP contribution in [0.5, 0.6) is 0 Å². The van der Waals surface area contributed by atoms with E-state index in [-0.39, 0.29) is 18.3 Å². The van der Waals surface area contributed by atoms with Gasteiger partial charge in [-0.05, 0) is 54.1 Å². The molecule has 1 N–H and O–H groups in total. The quantitative estimate of drug-likeness (QED) is 0.759. The van der Waals surface area contributed by atoms with Crippen molar-refractivity contribution in [3.05, 3.63) is 32.9 Å². The van der Waals surface area contributed by atoms with Crippen LogP contribution in [-0.4, -0.2) is 37.0 Å². The van der Waals surface area contributed by atoms with Crippen LogP contribution in [0.1, 0.15) is 22.3 Å². The van der Waals surface area contributed by atoms with Crippen LogP contribution in [-0.2, 0) is 0 Å². The minimum Gasteiger partial charge on any atom is -0.337 e. The number of carbonyl (C=O) groups excluding carboxylic acids is 1. The summed E-state index contributed by atoms with van der Waals surface area (Å²) in [5, 5.41) is 3.31.